The summed E-state index contributed by atoms with van der Waals surface area (Å²) in [4.78, 5) is 26.8. The monoisotopic (exact) mass is 404 g/mol. The van der Waals surface area contributed by atoms with Crippen LogP contribution in [0.15, 0.2) is 27.4 Å². The van der Waals surface area contributed by atoms with E-state index in [1.807, 2.05) is 11.8 Å². The van der Waals surface area contributed by atoms with Crippen molar-refractivity contribution in [1.29, 1.82) is 0 Å². The number of aryl methyl sites for hydroxylation is 1. The number of amides is 1. The first-order chi connectivity index (χ1) is 13.3. The fourth-order valence-electron chi connectivity index (χ4n) is 4.64. The van der Waals surface area contributed by atoms with Gasteiger partial charge in [-0.25, -0.2) is 4.79 Å². The summed E-state index contributed by atoms with van der Waals surface area (Å²) >= 11 is 6.38. The average Bonchev–Trinajstić information content (AvgIpc) is 2.61. The van der Waals surface area contributed by atoms with E-state index in [1.54, 1.807) is 19.1 Å². The van der Waals surface area contributed by atoms with E-state index in [4.69, 9.17) is 26.5 Å². The average molecular weight is 405 g/mol. The molecule has 0 aliphatic carbocycles. The summed E-state index contributed by atoms with van der Waals surface area (Å²) in [5.74, 6) is 0.297. The van der Waals surface area contributed by atoms with Crippen LogP contribution in [0.3, 0.4) is 0 Å². The molecule has 7 heteroatoms. The maximum atomic E-state index is 13.1. The van der Waals surface area contributed by atoms with E-state index in [2.05, 4.69) is 0 Å². The van der Waals surface area contributed by atoms with Crippen molar-refractivity contribution in [1.82, 2.24) is 4.90 Å². The Kier molecular flexibility index (Phi) is 5.10. The Bertz CT molecular complexity index is 959. The van der Waals surface area contributed by atoms with Gasteiger partial charge in [-0.3, -0.25) is 4.79 Å². The van der Waals surface area contributed by atoms with E-state index in [-0.39, 0.29) is 24.0 Å². The molecule has 0 radical (unpaired) electrons. The van der Waals surface area contributed by atoms with E-state index < -0.39 is 11.7 Å². The maximum absolute atomic E-state index is 13.1. The molecule has 1 aromatic heterocycles. The third-order valence-electron chi connectivity index (χ3n) is 5.92. The van der Waals surface area contributed by atoms with Gasteiger partial charge in [-0.2, -0.15) is 0 Å². The minimum atomic E-state index is -0.691. The molecule has 2 saturated heterocycles. The second-order valence-corrected chi connectivity index (χ2v) is 8.41. The number of halogens is 1. The molecule has 4 rings (SSSR count). The second-order valence-electron chi connectivity index (χ2n) is 8.00. The number of rotatable bonds is 3. The van der Waals surface area contributed by atoms with Crippen molar-refractivity contribution in [2.75, 3.05) is 0 Å². The molecule has 3 heterocycles. The summed E-state index contributed by atoms with van der Waals surface area (Å²) in [7, 11) is 0. The van der Waals surface area contributed by atoms with Gasteiger partial charge in [0.15, 0.2) is 6.10 Å². The molecule has 2 aliphatic rings. The number of hydrogen-bond acceptors (Lipinski definition) is 5. The molecule has 2 aromatic rings. The number of carbonyl (C=O) groups excluding carboxylic acids is 1. The standard InChI is InChI=1S/C21H25ClN2O4/c1-11-6-20(25)28-18-10-19(17(22)9-16(11)18)27-12(2)21(26)24-14-4-3-5-15(24)8-13(23)7-14/h6,9-10,12-15H,3-5,7-8,23H2,1-2H3/t12?,13?,14-,15+. The number of fused-ring (bicyclic) bond motifs is 3. The van der Waals surface area contributed by atoms with Gasteiger partial charge in [-0.1, -0.05) is 11.6 Å². The lowest BCUT2D eigenvalue weighted by Gasteiger charge is -2.48. The summed E-state index contributed by atoms with van der Waals surface area (Å²) in [5, 5.41) is 1.13. The summed E-state index contributed by atoms with van der Waals surface area (Å²) in [5.41, 5.74) is 6.90. The first kappa shape index (κ1) is 19.3. The van der Waals surface area contributed by atoms with Gasteiger partial charge in [0.05, 0.1) is 5.02 Å². The Labute approximate surface area is 168 Å². The zero-order valence-electron chi connectivity index (χ0n) is 16.1. The molecule has 2 aliphatic heterocycles. The molecule has 0 saturated carbocycles. The quantitative estimate of drug-likeness (QED) is 0.792. The minimum Gasteiger partial charge on any atom is -0.479 e. The number of nitrogens with two attached hydrogens (primary N) is 1. The number of piperidine rings is 2. The Balaban J connectivity index is 1.58. The third-order valence-corrected chi connectivity index (χ3v) is 6.22. The Morgan fingerprint density at radius 2 is 1.96 bits per heavy atom. The summed E-state index contributed by atoms with van der Waals surface area (Å²) in [6, 6.07) is 5.25. The smallest absolute Gasteiger partial charge is 0.336 e. The predicted molar refractivity (Wildman–Crippen MR) is 108 cm³/mol. The highest BCUT2D eigenvalue weighted by atomic mass is 35.5. The van der Waals surface area contributed by atoms with Crippen LogP contribution in [0.2, 0.25) is 5.02 Å². The van der Waals surface area contributed by atoms with Gasteiger partial charge in [-0.05, 0) is 57.6 Å². The van der Waals surface area contributed by atoms with Crippen LogP contribution >= 0.6 is 11.6 Å². The fourth-order valence-corrected chi connectivity index (χ4v) is 4.85. The Morgan fingerprint density at radius 1 is 1.29 bits per heavy atom. The molecule has 6 nitrogen and oxygen atoms in total. The van der Waals surface area contributed by atoms with Crippen LogP contribution in [0.4, 0.5) is 0 Å². The lowest BCUT2D eigenvalue weighted by molar-refractivity contribution is -0.148. The van der Waals surface area contributed by atoms with E-state index in [0.717, 1.165) is 43.1 Å². The van der Waals surface area contributed by atoms with Gasteiger partial charge in [-0.15, -0.1) is 0 Å². The molecule has 4 atom stereocenters. The SMILES string of the molecule is Cc1cc(=O)oc2cc(OC(C)C(=O)N3[C@@H]4CCC[C@H]3CC(N)C4)c(Cl)cc12. The third kappa shape index (κ3) is 3.51. The molecule has 1 aromatic carbocycles. The Hall–Kier alpha value is -2.05. The molecule has 0 spiro atoms. The normalized spacial score (nSPS) is 25.6. The number of ether oxygens (including phenoxy) is 1. The minimum absolute atomic E-state index is 0.0385. The highest BCUT2D eigenvalue weighted by Crippen LogP contribution is 2.35. The zero-order chi connectivity index (χ0) is 20.0. The van der Waals surface area contributed by atoms with E-state index in [9.17, 15) is 9.59 Å². The van der Waals surface area contributed by atoms with E-state index >= 15 is 0 Å². The van der Waals surface area contributed by atoms with Crippen LogP contribution in [0.1, 0.15) is 44.6 Å². The molecule has 2 unspecified atom stereocenters. The van der Waals surface area contributed by atoms with Gasteiger partial charge in [0.2, 0.25) is 0 Å². The van der Waals surface area contributed by atoms with Crippen LogP contribution in [-0.2, 0) is 4.79 Å². The van der Waals surface area contributed by atoms with E-state index in [1.165, 1.54) is 6.07 Å². The lowest BCUT2D eigenvalue weighted by Crippen LogP contribution is -2.59. The van der Waals surface area contributed by atoms with Gasteiger partial charge >= 0.3 is 5.63 Å². The zero-order valence-corrected chi connectivity index (χ0v) is 16.9. The van der Waals surface area contributed by atoms with Crippen LogP contribution in [0.5, 0.6) is 5.75 Å². The van der Waals surface area contributed by atoms with Crippen LogP contribution in [-0.4, -0.2) is 35.0 Å². The number of carbonyl (C=O) groups is 1. The molecule has 28 heavy (non-hydrogen) atoms. The van der Waals surface area contributed by atoms with Gasteiger partial charge in [0, 0.05) is 35.6 Å². The number of benzene rings is 1. The molecule has 150 valence electrons. The maximum Gasteiger partial charge on any atom is 0.336 e. The number of hydrogen-bond donors (Lipinski definition) is 1. The summed E-state index contributed by atoms with van der Waals surface area (Å²) in [6.45, 7) is 3.56. The predicted octanol–water partition coefficient (Wildman–Crippen LogP) is 3.39. The van der Waals surface area contributed by atoms with Crippen molar-refractivity contribution in [2.45, 2.75) is 70.2 Å². The molecule has 2 fully saturated rings. The van der Waals surface area contributed by atoms with Crippen LogP contribution < -0.4 is 16.1 Å². The molecule has 2 bridgehead atoms. The second kappa shape index (κ2) is 7.41. The van der Waals surface area contributed by atoms with Crippen molar-refractivity contribution in [2.24, 2.45) is 5.73 Å². The van der Waals surface area contributed by atoms with Gasteiger partial charge < -0.3 is 19.8 Å². The summed E-state index contributed by atoms with van der Waals surface area (Å²) in [6.07, 6.45) is 4.11. The van der Waals surface area contributed by atoms with Crippen molar-refractivity contribution in [3.8, 4) is 5.75 Å². The summed E-state index contributed by atoms with van der Waals surface area (Å²) < 4.78 is 11.2. The first-order valence-corrected chi connectivity index (χ1v) is 10.2. The molecular formula is C21H25ClN2O4. The van der Waals surface area contributed by atoms with Crippen molar-refractivity contribution >= 4 is 28.5 Å². The van der Waals surface area contributed by atoms with Crippen LogP contribution in [0, 0.1) is 6.92 Å². The van der Waals surface area contributed by atoms with Crippen molar-refractivity contribution in [3.63, 3.8) is 0 Å². The Morgan fingerprint density at radius 3 is 2.64 bits per heavy atom. The van der Waals surface area contributed by atoms with Gasteiger partial charge in [0.1, 0.15) is 11.3 Å². The van der Waals surface area contributed by atoms with Crippen LogP contribution in [0.25, 0.3) is 11.0 Å². The first-order valence-electron chi connectivity index (χ1n) is 9.82. The number of nitrogens with zero attached hydrogens (tertiary/aromatic N) is 1. The molecule has 1 amide bonds. The highest BCUT2D eigenvalue weighted by Gasteiger charge is 2.41. The topological polar surface area (TPSA) is 85.8 Å². The fraction of sp³-hybridized carbons (Fsp3) is 0.524. The molecule has 2 N–H and O–H groups in total. The molecular weight excluding hydrogens is 380 g/mol. The lowest BCUT2D eigenvalue weighted by atomic mass is 9.82. The van der Waals surface area contributed by atoms with Crippen molar-refractivity contribution < 1.29 is 13.9 Å². The van der Waals surface area contributed by atoms with Crippen molar-refractivity contribution in [3.05, 3.63) is 39.2 Å². The van der Waals surface area contributed by atoms with Gasteiger partial charge in [0.25, 0.3) is 5.91 Å². The largest absolute Gasteiger partial charge is 0.479 e. The van der Waals surface area contributed by atoms with E-state index in [0.29, 0.717) is 16.4 Å². The highest BCUT2D eigenvalue weighted by molar-refractivity contribution is 6.32.